The Morgan fingerprint density at radius 2 is 1.79 bits per heavy atom. The van der Waals surface area contributed by atoms with Gasteiger partial charge in [0.1, 0.15) is 0 Å². The minimum atomic E-state index is -3.43. The number of anilines is 1. The van der Waals surface area contributed by atoms with Gasteiger partial charge in [-0.2, -0.15) is 0 Å². The summed E-state index contributed by atoms with van der Waals surface area (Å²) in [5.74, 6) is -0.0958. The van der Waals surface area contributed by atoms with Crippen molar-refractivity contribution in [3.8, 4) is 0 Å². The van der Waals surface area contributed by atoms with Gasteiger partial charge in [-0.3, -0.25) is 4.72 Å². The van der Waals surface area contributed by atoms with Gasteiger partial charge < -0.3 is 0 Å². The maximum Gasteiger partial charge on any atom is 0.236 e. The maximum atomic E-state index is 12.0. The molecule has 0 heterocycles. The molecule has 2 rings (SSSR count). The van der Waals surface area contributed by atoms with Crippen molar-refractivity contribution in [3.05, 3.63) is 64.7 Å². The molecule has 0 aliphatic heterocycles. The lowest BCUT2D eigenvalue weighted by Gasteiger charge is -2.08. The quantitative estimate of drug-likeness (QED) is 0.937. The normalized spacial score (nSPS) is 11.3. The van der Waals surface area contributed by atoms with E-state index in [0.717, 1.165) is 5.56 Å². The van der Waals surface area contributed by atoms with Crippen molar-refractivity contribution in [2.75, 3.05) is 4.72 Å². The summed E-state index contributed by atoms with van der Waals surface area (Å²) in [7, 11) is -3.43. The molecule has 0 amide bonds. The maximum absolute atomic E-state index is 12.0. The Labute approximate surface area is 118 Å². The molecule has 0 aliphatic carbocycles. The molecule has 0 bridgehead atoms. The fraction of sp³-hybridized carbons (Fsp3) is 0.143. The number of benzene rings is 2. The number of halogens is 1. The second-order valence-corrected chi connectivity index (χ2v) is 6.52. The summed E-state index contributed by atoms with van der Waals surface area (Å²) in [6, 6.07) is 14.0. The highest BCUT2D eigenvalue weighted by Gasteiger charge is 2.11. The molecule has 5 heteroatoms. The van der Waals surface area contributed by atoms with Crippen molar-refractivity contribution < 1.29 is 8.42 Å². The molecule has 0 aliphatic rings. The molecular weight excluding hydrogens is 282 g/mol. The van der Waals surface area contributed by atoms with Crippen molar-refractivity contribution in [3.63, 3.8) is 0 Å². The van der Waals surface area contributed by atoms with Crippen LogP contribution in [0.1, 0.15) is 11.1 Å². The molecule has 0 spiro atoms. The van der Waals surface area contributed by atoms with Gasteiger partial charge in [-0.1, -0.05) is 41.4 Å². The predicted molar refractivity (Wildman–Crippen MR) is 78.9 cm³/mol. The average Bonchev–Trinajstić information content (AvgIpc) is 2.31. The van der Waals surface area contributed by atoms with Gasteiger partial charge in [0.15, 0.2) is 0 Å². The molecule has 19 heavy (non-hydrogen) atoms. The van der Waals surface area contributed by atoms with E-state index in [2.05, 4.69) is 4.72 Å². The van der Waals surface area contributed by atoms with Crippen LogP contribution >= 0.6 is 11.6 Å². The van der Waals surface area contributed by atoms with E-state index in [1.165, 1.54) is 0 Å². The Hall–Kier alpha value is -1.52. The third-order valence-electron chi connectivity index (χ3n) is 2.57. The topological polar surface area (TPSA) is 46.2 Å². The molecular formula is C14H14ClNO2S. The summed E-state index contributed by atoms with van der Waals surface area (Å²) < 4.78 is 26.6. The fourth-order valence-electron chi connectivity index (χ4n) is 1.68. The van der Waals surface area contributed by atoms with Gasteiger partial charge in [0, 0.05) is 10.7 Å². The van der Waals surface area contributed by atoms with Gasteiger partial charge in [0.2, 0.25) is 10.0 Å². The van der Waals surface area contributed by atoms with Crippen molar-refractivity contribution in [2.24, 2.45) is 0 Å². The second kappa shape index (κ2) is 5.63. The van der Waals surface area contributed by atoms with Crippen LogP contribution in [0.4, 0.5) is 5.69 Å². The Bertz CT molecular complexity index is 666. The van der Waals surface area contributed by atoms with Crippen molar-refractivity contribution in [1.29, 1.82) is 0 Å². The first-order valence-electron chi connectivity index (χ1n) is 5.76. The van der Waals surface area contributed by atoms with E-state index in [0.29, 0.717) is 16.3 Å². The van der Waals surface area contributed by atoms with Crippen LogP contribution in [0.25, 0.3) is 0 Å². The van der Waals surface area contributed by atoms with Gasteiger partial charge in [-0.05, 0) is 36.8 Å². The summed E-state index contributed by atoms with van der Waals surface area (Å²) in [6.45, 7) is 1.95. The van der Waals surface area contributed by atoms with Crippen molar-refractivity contribution >= 4 is 27.3 Å². The molecule has 1 N–H and O–H groups in total. The average molecular weight is 296 g/mol. The van der Waals surface area contributed by atoms with Gasteiger partial charge in [-0.15, -0.1) is 0 Å². The first kappa shape index (κ1) is 13.9. The number of hydrogen-bond donors (Lipinski definition) is 1. The van der Waals surface area contributed by atoms with E-state index in [9.17, 15) is 8.42 Å². The molecule has 0 unspecified atom stereocenters. The molecule has 0 aromatic heterocycles. The van der Waals surface area contributed by atoms with E-state index in [-0.39, 0.29) is 5.75 Å². The summed E-state index contributed by atoms with van der Waals surface area (Å²) in [5, 5.41) is 0.531. The molecule has 0 saturated carbocycles. The Kier molecular flexibility index (Phi) is 4.12. The third kappa shape index (κ3) is 4.26. The fourth-order valence-corrected chi connectivity index (χ4v) is 3.08. The van der Waals surface area contributed by atoms with E-state index in [1.54, 1.807) is 36.4 Å². The largest absolute Gasteiger partial charge is 0.283 e. The molecule has 0 atom stereocenters. The van der Waals surface area contributed by atoms with E-state index < -0.39 is 10.0 Å². The molecule has 0 radical (unpaired) electrons. The Morgan fingerprint density at radius 1 is 1.11 bits per heavy atom. The summed E-state index contributed by atoms with van der Waals surface area (Å²) in [4.78, 5) is 0. The van der Waals surface area contributed by atoms with Crippen LogP contribution in [0.2, 0.25) is 5.02 Å². The first-order valence-corrected chi connectivity index (χ1v) is 7.79. The Balaban J connectivity index is 2.13. The summed E-state index contributed by atoms with van der Waals surface area (Å²) in [5.41, 5.74) is 2.30. The number of aryl methyl sites for hydroxylation is 1. The zero-order chi connectivity index (χ0) is 13.9. The van der Waals surface area contributed by atoms with Crippen LogP contribution in [0.5, 0.6) is 0 Å². The number of sulfonamides is 1. The highest BCUT2D eigenvalue weighted by atomic mass is 35.5. The lowest BCUT2D eigenvalue weighted by molar-refractivity contribution is 0.600. The minimum Gasteiger partial charge on any atom is -0.283 e. The monoisotopic (exact) mass is 295 g/mol. The molecule has 2 aromatic carbocycles. The van der Waals surface area contributed by atoms with Crippen LogP contribution in [0.3, 0.4) is 0 Å². The highest BCUT2D eigenvalue weighted by molar-refractivity contribution is 7.91. The lowest BCUT2D eigenvalue weighted by Crippen LogP contribution is -2.15. The molecule has 2 aromatic rings. The molecule has 0 saturated heterocycles. The van der Waals surface area contributed by atoms with Gasteiger partial charge in [0.25, 0.3) is 0 Å². The van der Waals surface area contributed by atoms with Crippen LogP contribution in [-0.4, -0.2) is 8.42 Å². The lowest BCUT2D eigenvalue weighted by atomic mass is 10.2. The van der Waals surface area contributed by atoms with Crippen LogP contribution in [0.15, 0.2) is 48.5 Å². The van der Waals surface area contributed by atoms with Gasteiger partial charge in [0.05, 0.1) is 5.75 Å². The van der Waals surface area contributed by atoms with Crippen LogP contribution in [0, 0.1) is 6.92 Å². The third-order valence-corrected chi connectivity index (χ3v) is 4.07. The highest BCUT2D eigenvalue weighted by Crippen LogP contribution is 2.16. The van der Waals surface area contributed by atoms with Gasteiger partial charge in [-0.25, -0.2) is 8.42 Å². The Morgan fingerprint density at radius 3 is 2.42 bits per heavy atom. The second-order valence-electron chi connectivity index (χ2n) is 4.36. The number of hydrogen-bond acceptors (Lipinski definition) is 2. The van der Waals surface area contributed by atoms with Crippen LogP contribution < -0.4 is 4.72 Å². The molecule has 0 fully saturated rings. The molecule has 100 valence electrons. The van der Waals surface area contributed by atoms with Crippen molar-refractivity contribution in [1.82, 2.24) is 0 Å². The first-order chi connectivity index (χ1) is 8.94. The van der Waals surface area contributed by atoms with Gasteiger partial charge >= 0.3 is 0 Å². The molecule has 3 nitrogen and oxygen atoms in total. The van der Waals surface area contributed by atoms with E-state index in [1.807, 2.05) is 19.1 Å². The zero-order valence-corrected chi connectivity index (χ0v) is 12.0. The van der Waals surface area contributed by atoms with E-state index >= 15 is 0 Å². The summed E-state index contributed by atoms with van der Waals surface area (Å²) >= 11 is 5.84. The predicted octanol–water partition coefficient (Wildman–Crippen LogP) is 3.59. The minimum absolute atomic E-state index is 0.0958. The summed E-state index contributed by atoms with van der Waals surface area (Å²) in [6.07, 6.45) is 0. The van der Waals surface area contributed by atoms with E-state index in [4.69, 9.17) is 11.6 Å². The number of nitrogens with one attached hydrogen (secondary N) is 1. The zero-order valence-electron chi connectivity index (χ0n) is 10.4. The standard InChI is InChI=1S/C14H14ClNO2S/c1-11-5-7-14(8-6-11)16-19(17,18)10-12-3-2-4-13(15)9-12/h2-9,16H,10H2,1H3. The van der Waals surface area contributed by atoms with Crippen molar-refractivity contribution in [2.45, 2.75) is 12.7 Å². The smallest absolute Gasteiger partial charge is 0.236 e. The SMILES string of the molecule is Cc1ccc(NS(=O)(=O)Cc2cccc(Cl)c2)cc1. The van der Waals surface area contributed by atoms with Crippen LogP contribution in [-0.2, 0) is 15.8 Å². The number of rotatable bonds is 4.